The Balaban J connectivity index is 2.07. The summed E-state index contributed by atoms with van der Waals surface area (Å²) in [7, 11) is 0. The minimum absolute atomic E-state index is 0.495. The zero-order chi connectivity index (χ0) is 11.5. The quantitative estimate of drug-likeness (QED) is 0.770. The number of hydrogen-bond acceptors (Lipinski definition) is 2. The minimum Gasteiger partial charge on any atom is -0.399 e. The van der Waals surface area contributed by atoms with Crippen molar-refractivity contribution in [3.63, 3.8) is 0 Å². The lowest BCUT2D eigenvalue weighted by molar-refractivity contribution is 0.429. The standard InChI is InChI=1S/C13H18ClN2/c1-9-4-2-3-5-12(9)16-13-7-6-10(15)8-11(13)14/h4,6-9,12,16H,2-3,5,15H2,1H3. The average molecular weight is 238 g/mol. The number of hydrogen-bond donors (Lipinski definition) is 2. The summed E-state index contributed by atoms with van der Waals surface area (Å²) in [5, 5.41) is 4.21. The zero-order valence-electron chi connectivity index (χ0n) is 9.54. The molecule has 3 N–H and O–H groups in total. The van der Waals surface area contributed by atoms with Gasteiger partial charge in [-0.05, 0) is 43.4 Å². The predicted octanol–water partition coefficient (Wildman–Crippen LogP) is 3.73. The third-order valence-corrected chi connectivity index (χ3v) is 3.54. The first kappa shape index (κ1) is 11.6. The third-order valence-electron chi connectivity index (χ3n) is 3.23. The summed E-state index contributed by atoms with van der Waals surface area (Å²) >= 11 is 6.14. The van der Waals surface area contributed by atoms with Crippen LogP contribution in [0.15, 0.2) is 18.2 Å². The maximum Gasteiger partial charge on any atom is 0.0658 e. The average Bonchev–Trinajstić information content (AvgIpc) is 2.25. The van der Waals surface area contributed by atoms with Crippen molar-refractivity contribution in [2.24, 2.45) is 5.92 Å². The SMILES string of the molecule is CC1[CH]CCCC1Nc1ccc(N)cc1Cl. The van der Waals surface area contributed by atoms with Crippen LogP contribution in [0.3, 0.4) is 0 Å². The van der Waals surface area contributed by atoms with Crippen LogP contribution in [0.2, 0.25) is 5.02 Å². The smallest absolute Gasteiger partial charge is 0.0658 e. The highest BCUT2D eigenvalue weighted by Gasteiger charge is 2.21. The molecular weight excluding hydrogens is 220 g/mol. The van der Waals surface area contributed by atoms with Crippen LogP contribution in [0.25, 0.3) is 0 Å². The van der Waals surface area contributed by atoms with Gasteiger partial charge >= 0.3 is 0 Å². The van der Waals surface area contributed by atoms with Gasteiger partial charge in [-0.15, -0.1) is 0 Å². The van der Waals surface area contributed by atoms with Crippen molar-refractivity contribution in [1.82, 2.24) is 0 Å². The van der Waals surface area contributed by atoms with Gasteiger partial charge in [0.25, 0.3) is 0 Å². The lowest BCUT2D eigenvalue weighted by Gasteiger charge is -2.30. The number of benzene rings is 1. The summed E-state index contributed by atoms with van der Waals surface area (Å²) in [6.45, 7) is 2.25. The number of nitrogen functional groups attached to an aromatic ring is 1. The molecule has 0 amide bonds. The Morgan fingerprint density at radius 3 is 2.94 bits per heavy atom. The molecule has 0 spiro atoms. The highest BCUT2D eigenvalue weighted by atomic mass is 35.5. The van der Waals surface area contributed by atoms with Crippen molar-refractivity contribution < 1.29 is 0 Å². The van der Waals surface area contributed by atoms with Crippen LogP contribution in [-0.4, -0.2) is 6.04 Å². The Morgan fingerprint density at radius 1 is 1.44 bits per heavy atom. The second-order valence-corrected chi connectivity index (χ2v) is 4.92. The van der Waals surface area contributed by atoms with E-state index in [-0.39, 0.29) is 0 Å². The van der Waals surface area contributed by atoms with Gasteiger partial charge in [-0.2, -0.15) is 0 Å². The second kappa shape index (κ2) is 4.96. The van der Waals surface area contributed by atoms with Gasteiger partial charge in [-0.25, -0.2) is 0 Å². The maximum absolute atomic E-state index is 6.14. The van der Waals surface area contributed by atoms with Crippen LogP contribution in [0.5, 0.6) is 0 Å². The van der Waals surface area contributed by atoms with Gasteiger partial charge in [0.2, 0.25) is 0 Å². The number of anilines is 2. The lowest BCUT2D eigenvalue weighted by atomic mass is 9.86. The molecule has 1 aliphatic rings. The van der Waals surface area contributed by atoms with E-state index in [9.17, 15) is 0 Å². The fourth-order valence-electron chi connectivity index (χ4n) is 2.20. The first-order valence-corrected chi connectivity index (χ1v) is 6.19. The molecule has 16 heavy (non-hydrogen) atoms. The van der Waals surface area contributed by atoms with Gasteiger partial charge in [0, 0.05) is 11.7 Å². The van der Waals surface area contributed by atoms with E-state index >= 15 is 0 Å². The second-order valence-electron chi connectivity index (χ2n) is 4.52. The zero-order valence-corrected chi connectivity index (χ0v) is 10.3. The molecule has 1 aromatic rings. The highest BCUT2D eigenvalue weighted by molar-refractivity contribution is 6.33. The molecule has 3 heteroatoms. The number of nitrogens with two attached hydrogens (primary N) is 1. The van der Waals surface area contributed by atoms with Gasteiger partial charge in [-0.1, -0.05) is 24.9 Å². The van der Waals surface area contributed by atoms with Crippen LogP contribution >= 0.6 is 11.6 Å². The van der Waals surface area contributed by atoms with Crippen LogP contribution in [0.4, 0.5) is 11.4 Å². The molecule has 2 atom stereocenters. The predicted molar refractivity (Wildman–Crippen MR) is 70.6 cm³/mol. The Kier molecular flexibility index (Phi) is 3.59. The molecule has 2 nitrogen and oxygen atoms in total. The minimum atomic E-state index is 0.495. The largest absolute Gasteiger partial charge is 0.399 e. The molecule has 2 unspecified atom stereocenters. The first-order valence-electron chi connectivity index (χ1n) is 5.81. The fourth-order valence-corrected chi connectivity index (χ4v) is 2.44. The van der Waals surface area contributed by atoms with E-state index in [1.54, 1.807) is 6.07 Å². The van der Waals surface area contributed by atoms with Crippen LogP contribution in [0, 0.1) is 12.3 Å². The van der Waals surface area contributed by atoms with Crippen molar-refractivity contribution >= 4 is 23.0 Å². The van der Waals surface area contributed by atoms with E-state index in [2.05, 4.69) is 18.7 Å². The summed E-state index contributed by atoms with van der Waals surface area (Å²) in [6, 6.07) is 6.13. The Hall–Kier alpha value is -0.890. The maximum atomic E-state index is 6.14. The molecule has 0 bridgehead atoms. The molecule has 0 saturated heterocycles. The summed E-state index contributed by atoms with van der Waals surface area (Å²) in [4.78, 5) is 0. The molecule has 1 aliphatic carbocycles. The molecule has 1 aromatic carbocycles. The number of halogens is 1. The molecule has 87 valence electrons. The molecule has 0 aliphatic heterocycles. The number of rotatable bonds is 2. The summed E-state index contributed by atoms with van der Waals surface area (Å²) in [6.07, 6.45) is 6.08. The fraction of sp³-hybridized carbons (Fsp3) is 0.462. The first-order chi connectivity index (χ1) is 7.66. The van der Waals surface area contributed by atoms with Crippen molar-refractivity contribution in [1.29, 1.82) is 0 Å². The lowest BCUT2D eigenvalue weighted by Crippen LogP contribution is -2.30. The van der Waals surface area contributed by atoms with E-state index in [4.69, 9.17) is 17.3 Å². The summed E-state index contributed by atoms with van der Waals surface area (Å²) in [5.41, 5.74) is 7.37. The summed E-state index contributed by atoms with van der Waals surface area (Å²) in [5.74, 6) is 0.599. The van der Waals surface area contributed by atoms with E-state index in [0.717, 1.165) is 5.69 Å². The van der Waals surface area contributed by atoms with Gasteiger partial charge in [0.05, 0.1) is 10.7 Å². The molecule has 2 rings (SSSR count). The van der Waals surface area contributed by atoms with Crippen molar-refractivity contribution in [2.45, 2.75) is 32.2 Å². The van der Waals surface area contributed by atoms with Crippen molar-refractivity contribution in [3.05, 3.63) is 29.6 Å². The van der Waals surface area contributed by atoms with Crippen LogP contribution < -0.4 is 11.1 Å². The van der Waals surface area contributed by atoms with Gasteiger partial charge in [-0.3, -0.25) is 0 Å². The third kappa shape index (κ3) is 2.62. The van der Waals surface area contributed by atoms with Gasteiger partial charge in [0.1, 0.15) is 0 Å². The Morgan fingerprint density at radius 2 is 2.25 bits per heavy atom. The van der Waals surface area contributed by atoms with E-state index in [0.29, 0.717) is 22.7 Å². The Bertz CT molecular complexity index is 365. The monoisotopic (exact) mass is 237 g/mol. The van der Waals surface area contributed by atoms with E-state index < -0.39 is 0 Å². The van der Waals surface area contributed by atoms with Crippen molar-refractivity contribution in [2.75, 3.05) is 11.1 Å². The molecule has 1 radical (unpaired) electrons. The van der Waals surface area contributed by atoms with Gasteiger partial charge < -0.3 is 11.1 Å². The van der Waals surface area contributed by atoms with E-state index in [1.807, 2.05) is 12.1 Å². The van der Waals surface area contributed by atoms with Crippen LogP contribution in [-0.2, 0) is 0 Å². The Labute approximate surface area is 102 Å². The van der Waals surface area contributed by atoms with Crippen LogP contribution in [0.1, 0.15) is 26.2 Å². The molecular formula is C13H18ClN2. The molecule has 0 heterocycles. The normalized spacial score (nSPS) is 25.4. The molecule has 1 saturated carbocycles. The molecule has 0 aromatic heterocycles. The summed E-state index contributed by atoms with van der Waals surface area (Å²) < 4.78 is 0. The van der Waals surface area contributed by atoms with Crippen molar-refractivity contribution in [3.8, 4) is 0 Å². The molecule has 1 fully saturated rings. The number of nitrogens with one attached hydrogen (secondary N) is 1. The van der Waals surface area contributed by atoms with E-state index in [1.165, 1.54) is 19.3 Å². The highest BCUT2D eigenvalue weighted by Crippen LogP contribution is 2.30. The van der Waals surface area contributed by atoms with Gasteiger partial charge in [0.15, 0.2) is 0 Å². The topological polar surface area (TPSA) is 38.0 Å².